The second-order valence-corrected chi connectivity index (χ2v) is 16.3. The van der Waals surface area contributed by atoms with E-state index >= 15 is 0 Å². The molecule has 34 heavy (non-hydrogen) atoms. The number of aromatic nitrogens is 1. The van der Waals surface area contributed by atoms with E-state index in [4.69, 9.17) is 14.5 Å². The van der Waals surface area contributed by atoms with Crippen LogP contribution in [-0.2, 0) is 44.7 Å². The first-order valence-electron chi connectivity index (χ1n) is 13.0. The fraction of sp³-hybridized carbons (Fsp3) is 0.679. The van der Waals surface area contributed by atoms with Gasteiger partial charge >= 0.3 is 11.9 Å². The van der Waals surface area contributed by atoms with Crippen LogP contribution in [0.5, 0.6) is 0 Å². The van der Waals surface area contributed by atoms with Crippen molar-refractivity contribution in [3.63, 3.8) is 0 Å². The predicted octanol–water partition coefficient (Wildman–Crippen LogP) is 5.35. The molecule has 0 radical (unpaired) electrons. The summed E-state index contributed by atoms with van der Waals surface area (Å²) < 4.78 is 10.7. The molecule has 0 aromatic carbocycles. The highest BCUT2D eigenvalue weighted by molar-refractivity contribution is 6.90. The Balaban J connectivity index is 2.13. The van der Waals surface area contributed by atoms with Crippen molar-refractivity contribution in [3.8, 4) is 11.5 Å². The van der Waals surface area contributed by atoms with Crippen LogP contribution < -0.4 is 0 Å². The van der Waals surface area contributed by atoms with Crippen LogP contribution in [0.4, 0.5) is 0 Å². The third-order valence-electron chi connectivity index (χ3n) is 8.01. The van der Waals surface area contributed by atoms with Crippen molar-refractivity contribution in [1.29, 1.82) is 0 Å². The molecule has 1 aromatic heterocycles. The Hall–Kier alpha value is -2.13. The van der Waals surface area contributed by atoms with Crippen LogP contribution in [0.3, 0.4) is 0 Å². The molecule has 0 saturated heterocycles. The van der Waals surface area contributed by atoms with Crippen LogP contribution in [0.1, 0.15) is 89.9 Å². The molecule has 0 bridgehead atoms. The number of ether oxygens (including phenoxy) is 2. The van der Waals surface area contributed by atoms with Gasteiger partial charge in [-0.05, 0) is 66.4 Å². The van der Waals surface area contributed by atoms with Gasteiger partial charge in [0.15, 0.2) is 5.41 Å². The predicted molar refractivity (Wildman–Crippen MR) is 137 cm³/mol. The summed E-state index contributed by atoms with van der Waals surface area (Å²) in [5.74, 6) is 2.56. The second kappa shape index (κ2) is 10.2. The molecule has 0 spiro atoms. The lowest BCUT2D eigenvalue weighted by atomic mass is 9.84. The maximum atomic E-state index is 13.0. The summed E-state index contributed by atoms with van der Waals surface area (Å²) >= 11 is 0. The topological polar surface area (TPSA) is 65.5 Å². The quantitative estimate of drug-likeness (QED) is 0.226. The number of carbonyl (C=O) groups excluding carboxylic acids is 2. The third-order valence-corrected chi connectivity index (χ3v) is 14.3. The van der Waals surface area contributed by atoms with Crippen LogP contribution in [0, 0.1) is 16.9 Å². The first kappa shape index (κ1) is 26.5. The van der Waals surface area contributed by atoms with Gasteiger partial charge in [-0.15, -0.1) is 5.54 Å². The average Bonchev–Trinajstić information content (AvgIpc) is 3.39. The first-order chi connectivity index (χ1) is 16.0. The molecule has 1 aromatic rings. The number of fused-ring (bicyclic) bond motifs is 3. The zero-order valence-corrected chi connectivity index (χ0v) is 23.3. The molecule has 5 nitrogen and oxygen atoms in total. The van der Waals surface area contributed by atoms with E-state index in [0.717, 1.165) is 36.2 Å². The third kappa shape index (κ3) is 4.32. The van der Waals surface area contributed by atoms with E-state index in [1.165, 1.54) is 11.1 Å². The van der Waals surface area contributed by atoms with E-state index in [0.29, 0.717) is 23.0 Å². The first-order valence-corrected chi connectivity index (χ1v) is 15.2. The smallest absolute Gasteiger partial charge is 0.324 e. The number of rotatable bonds is 7. The highest BCUT2D eigenvalue weighted by Crippen LogP contribution is 2.44. The number of hydrogen-bond donors (Lipinski definition) is 0. The van der Waals surface area contributed by atoms with Crippen LogP contribution in [0.2, 0.25) is 16.6 Å². The van der Waals surface area contributed by atoms with Gasteiger partial charge in [-0.2, -0.15) is 0 Å². The van der Waals surface area contributed by atoms with Crippen molar-refractivity contribution in [2.75, 3.05) is 13.2 Å². The molecule has 0 saturated carbocycles. The molecule has 0 N–H and O–H groups in total. The standard InChI is InChI=1S/C28H41NO4Si/c1-9-32-26(30)28(27(31)33-10-2)16-23-21-12-11-13-22(21)24(29-25(23)17-28)14-15-34(18(3)4,19(5)6)20(7)8/h18-20H,9-13,16-17H2,1-8H3. The second-order valence-electron chi connectivity index (χ2n) is 10.7. The minimum atomic E-state index is -1.90. The van der Waals surface area contributed by atoms with Gasteiger partial charge in [0.25, 0.3) is 0 Å². The molecule has 2 aliphatic rings. The monoisotopic (exact) mass is 483 g/mol. The molecular weight excluding hydrogens is 442 g/mol. The van der Waals surface area contributed by atoms with E-state index in [1.54, 1.807) is 13.8 Å². The van der Waals surface area contributed by atoms with Crippen molar-refractivity contribution in [2.24, 2.45) is 5.41 Å². The molecule has 2 aliphatic carbocycles. The highest BCUT2D eigenvalue weighted by atomic mass is 28.3. The minimum Gasteiger partial charge on any atom is -0.465 e. The van der Waals surface area contributed by atoms with Crippen molar-refractivity contribution in [1.82, 2.24) is 4.98 Å². The summed E-state index contributed by atoms with van der Waals surface area (Å²) in [6.45, 7) is 17.9. The lowest BCUT2D eigenvalue weighted by molar-refractivity contribution is -0.171. The van der Waals surface area contributed by atoms with E-state index in [1.807, 2.05) is 0 Å². The Labute approximate surface area is 206 Å². The molecule has 0 amide bonds. The SMILES string of the molecule is CCOC(=O)C1(C(=O)OCC)Cc2nc(C#C[Si](C(C)C)(C(C)C)C(C)C)c3c(c2C1)CCC3. The summed E-state index contributed by atoms with van der Waals surface area (Å²) in [6.07, 6.45) is 3.48. The average molecular weight is 484 g/mol. The largest absolute Gasteiger partial charge is 0.465 e. The summed E-state index contributed by atoms with van der Waals surface area (Å²) in [6, 6.07) is 0. The molecule has 186 valence electrons. The van der Waals surface area contributed by atoms with Crippen molar-refractivity contribution < 1.29 is 19.1 Å². The molecule has 1 heterocycles. The molecule has 0 fully saturated rings. The zero-order chi connectivity index (χ0) is 25.3. The number of pyridine rings is 1. The maximum absolute atomic E-state index is 13.0. The summed E-state index contributed by atoms with van der Waals surface area (Å²) in [7, 11) is -1.90. The summed E-state index contributed by atoms with van der Waals surface area (Å²) in [5.41, 5.74) is 9.29. The highest BCUT2D eigenvalue weighted by Gasteiger charge is 2.54. The normalized spacial score (nSPS) is 16.3. The van der Waals surface area contributed by atoms with Crippen molar-refractivity contribution in [3.05, 3.63) is 28.1 Å². The summed E-state index contributed by atoms with van der Waals surface area (Å²) in [4.78, 5) is 31.1. The Morgan fingerprint density at radius 3 is 1.91 bits per heavy atom. The zero-order valence-electron chi connectivity index (χ0n) is 22.3. The Kier molecular flexibility index (Phi) is 7.97. The van der Waals surface area contributed by atoms with Gasteiger partial charge in [0.2, 0.25) is 0 Å². The van der Waals surface area contributed by atoms with Crippen LogP contribution in [-0.4, -0.2) is 38.2 Å². The lowest BCUT2D eigenvalue weighted by Gasteiger charge is -2.38. The number of nitrogens with zero attached hydrogens (tertiary/aromatic N) is 1. The fourth-order valence-corrected chi connectivity index (χ4v) is 11.6. The van der Waals surface area contributed by atoms with Crippen LogP contribution in [0.25, 0.3) is 0 Å². The van der Waals surface area contributed by atoms with E-state index < -0.39 is 25.4 Å². The fourth-order valence-electron chi connectivity index (χ4n) is 6.40. The van der Waals surface area contributed by atoms with Crippen molar-refractivity contribution >= 4 is 20.0 Å². The van der Waals surface area contributed by atoms with Gasteiger partial charge in [0.05, 0.1) is 13.2 Å². The number of esters is 2. The minimum absolute atomic E-state index is 0.225. The number of hydrogen-bond acceptors (Lipinski definition) is 5. The van der Waals surface area contributed by atoms with Gasteiger partial charge in [0, 0.05) is 18.5 Å². The molecule has 6 heteroatoms. The van der Waals surface area contributed by atoms with Gasteiger partial charge in [0.1, 0.15) is 13.8 Å². The molecule has 0 aliphatic heterocycles. The van der Waals surface area contributed by atoms with Gasteiger partial charge in [-0.25, -0.2) is 4.98 Å². The maximum Gasteiger partial charge on any atom is 0.324 e. The molecule has 0 unspecified atom stereocenters. The Bertz CT molecular complexity index is 976. The van der Waals surface area contributed by atoms with Crippen LogP contribution in [0.15, 0.2) is 0 Å². The molecular formula is C28H41NO4Si. The van der Waals surface area contributed by atoms with E-state index in [-0.39, 0.29) is 19.6 Å². The molecule has 0 atom stereocenters. The van der Waals surface area contributed by atoms with Crippen molar-refractivity contribution in [2.45, 2.75) is 104 Å². The Morgan fingerprint density at radius 1 is 0.882 bits per heavy atom. The van der Waals surface area contributed by atoms with E-state index in [2.05, 4.69) is 53.0 Å². The van der Waals surface area contributed by atoms with Gasteiger partial charge in [-0.1, -0.05) is 47.5 Å². The number of carbonyl (C=O) groups is 2. The van der Waals surface area contributed by atoms with E-state index in [9.17, 15) is 9.59 Å². The summed E-state index contributed by atoms with van der Waals surface area (Å²) in [5, 5.41) is 0. The lowest BCUT2D eigenvalue weighted by Crippen LogP contribution is -2.43. The van der Waals surface area contributed by atoms with Gasteiger partial charge in [-0.3, -0.25) is 9.59 Å². The Morgan fingerprint density at radius 2 is 1.41 bits per heavy atom. The van der Waals surface area contributed by atoms with Crippen LogP contribution >= 0.6 is 0 Å². The van der Waals surface area contributed by atoms with Gasteiger partial charge < -0.3 is 9.47 Å². The molecule has 3 rings (SSSR count).